The topological polar surface area (TPSA) is 50.8 Å². The molecule has 1 saturated heterocycles. The van der Waals surface area contributed by atoms with Gasteiger partial charge in [0.25, 0.3) is 5.91 Å². The molecule has 0 spiro atoms. The Morgan fingerprint density at radius 3 is 2.53 bits per heavy atom. The number of benzene rings is 2. The molecule has 1 amide bonds. The van der Waals surface area contributed by atoms with Crippen LogP contribution >= 0.6 is 0 Å². The molecule has 1 N–H and O–H groups in total. The van der Waals surface area contributed by atoms with Gasteiger partial charge in [-0.05, 0) is 61.7 Å². The lowest BCUT2D eigenvalue weighted by atomic mass is 9.88. The van der Waals surface area contributed by atoms with Crippen LogP contribution in [0.25, 0.3) is 11.1 Å². The molecule has 0 bridgehead atoms. The minimum atomic E-state index is -0.841. The summed E-state index contributed by atoms with van der Waals surface area (Å²) in [4.78, 5) is 15.3. The van der Waals surface area contributed by atoms with E-state index in [1.165, 1.54) is 12.1 Å². The quantitative estimate of drug-likeness (QED) is 0.629. The lowest BCUT2D eigenvalue weighted by molar-refractivity contribution is -0.141. The van der Waals surface area contributed by atoms with Crippen molar-refractivity contribution in [1.82, 2.24) is 10.2 Å². The highest BCUT2D eigenvalue weighted by Crippen LogP contribution is 2.33. The van der Waals surface area contributed by atoms with Gasteiger partial charge in [0.05, 0.1) is 7.11 Å². The van der Waals surface area contributed by atoms with E-state index in [1.807, 2.05) is 38.4 Å². The summed E-state index contributed by atoms with van der Waals surface area (Å²) < 4.78 is 25.2. The second-order valence-electron chi connectivity index (χ2n) is 9.75. The highest BCUT2D eigenvalue weighted by atomic mass is 19.1. The number of methoxy groups -OCH3 is 1. The first kappa shape index (κ1) is 24.2. The Bertz CT molecular complexity index is 919. The molecule has 174 valence electrons. The van der Waals surface area contributed by atoms with Gasteiger partial charge in [-0.15, -0.1) is 0 Å². The van der Waals surface area contributed by atoms with Crippen molar-refractivity contribution < 1.29 is 18.7 Å². The van der Waals surface area contributed by atoms with Crippen LogP contribution in [0, 0.1) is 11.2 Å². The second kappa shape index (κ2) is 10.0. The monoisotopic (exact) mass is 442 g/mol. The van der Waals surface area contributed by atoms with Gasteiger partial charge in [0.15, 0.2) is 5.60 Å². The van der Waals surface area contributed by atoms with E-state index in [9.17, 15) is 9.18 Å². The largest absolute Gasteiger partial charge is 0.496 e. The minimum Gasteiger partial charge on any atom is -0.496 e. The molecule has 2 aromatic carbocycles. The van der Waals surface area contributed by atoms with Gasteiger partial charge in [0, 0.05) is 31.7 Å². The smallest absolute Gasteiger partial charge is 0.252 e. The maximum Gasteiger partial charge on any atom is 0.252 e. The zero-order valence-corrected chi connectivity index (χ0v) is 19.8. The van der Waals surface area contributed by atoms with E-state index in [4.69, 9.17) is 9.47 Å². The number of nitrogens with zero attached hydrogens (tertiary/aromatic N) is 1. The Hall–Kier alpha value is -2.44. The molecule has 0 aromatic heterocycles. The van der Waals surface area contributed by atoms with Gasteiger partial charge in [-0.25, -0.2) is 4.39 Å². The van der Waals surface area contributed by atoms with Crippen molar-refractivity contribution in [3.05, 3.63) is 53.8 Å². The first-order valence-corrected chi connectivity index (χ1v) is 11.1. The SMILES string of the molecule is COc1ccc(F)cc1-c1ccc(C[C@]2(C(=O)NCC(C)(C)CN(C)C)CCCO2)cc1. The van der Waals surface area contributed by atoms with Crippen molar-refractivity contribution in [3.8, 4) is 16.9 Å². The van der Waals surface area contributed by atoms with E-state index in [0.29, 0.717) is 37.3 Å². The summed E-state index contributed by atoms with van der Waals surface area (Å²) in [5.74, 6) is 0.268. The summed E-state index contributed by atoms with van der Waals surface area (Å²) in [7, 11) is 5.65. The lowest BCUT2D eigenvalue weighted by Crippen LogP contribution is -2.51. The number of halogens is 1. The fourth-order valence-corrected chi connectivity index (χ4v) is 4.53. The number of ether oxygens (including phenoxy) is 2. The molecule has 0 aliphatic carbocycles. The third-order valence-corrected chi connectivity index (χ3v) is 5.91. The Morgan fingerprint density at radius 2 is 1.94 bits per heavy atom. The van der Waals surface area contributed by atoms with E-state index in [2.05, 4.69) is 24.1 Å². The molecular formula is C26H35FN2O3. The molecule has 1 fully saturated rings. The molecule has 5 nitrogen and oxygen atoms in total. The highest BCUT2D eigenvalue weighted by molar-refractivity contribution is 5.86. The summed E-state index contributed by atoms with van der Waals surface area (Å²) in [6.07, 6.45) is 2.08. The van der Waals surface area contributed by atoms with E-state index in [-0.39, 0.29) is 17.1 Å². The van der Waals surface area contributed by atoms with Crippen LogP contribution in [0.15, 0.2) is 42.5 Å². The third kappa shape index (κ3) is 5.87. The number of hydrogen-bond acceptors (Lipinski definition) is 4. The van der Waals surface area contributed by atoms with Crippen LogP contribution in [-0.4, -0.2) is 57.3 Å². The summed E-state index contributed by atoms with van der Waals surface area (Å²) in [5, 5.41) is 3.14. The van der Waals surface area contributed by atoms with Crippen LogP contribution in [0.3, 0.4) is 0 Å². The first-order chi connectivity index (χ1) is 15.1. The van der Waals surface area contributed by atoms with Crippen molar-refractivity contribution >= 4 is 5.91 Å². The van der Waals surface area contributed by atoms with Crippen molar-refractivity contribution in [2.45, 2.75) is 38.7 Å². The van der Waals surface area contributed by atoms with Crippen LogP contribution in [0.5, 0.6) is 5.75 Å². The summed E-state index contributed by atoms with van der Waals surface area (Å²) >= 11 is 0. The Labute approximate surface area is 190 Å². The number of hydrogen-bond donors (Lipinski definition) is 1. The Kier molecular flexibility index (Phi) is 7.57. The third-order valence-electron chi connectivity index (χ3n) is 5.91. The van der Waals surface area contributed by atoms with E-state index in [1.54, 1.807) is 13.2 Å². The molecule has 3 rings (SSSR count). The molecule has 0 radical (unpaired) electrons. The van der Waals surface area contributed by atoms with Crippen molar-refractivity contribution in [2.24, 2.45) is 5.41 Å². The van der Waals surface area contributed by atoms with Crippen LogP contribution in [0.4, 0.5) is 4.39 Å². The number of nitrogens with one attached hydrogen (secondary N) is 1. The average Bonchev–Trinajstić information content (AvgIpc) is 3.21. The fourth-order valence-electron chi connectivity index (χ4n) is 4.53. The summed E-state index contributed by atoms with van der Waals surface area (Å²) in [5.41, 5.74) is 1.69. The maximum atomic E-state index is 13.8. The van der Waals surface area contributed by atoms with Gasteiger partial charge >= 0.3 is 0 Å². The first-order valence-electron chi connectivity index (χ1n) is 11.1. The Balaban J connectivity index is 1.74. The molecular weight excluding hydrogens is 407 g/mol. The molecule has 2 aromatic rings. The second-order valence-corrected chi connectivity index (χ2v) is 9.75. The van der Waals surface area contributed by atoms with E-state index >= 15 is 0 Å². The van der Waals surface area contributed by atoms with Crippen molar-refractivity contribution in [1.29, 1.82) is 0 Å². The lowest BCUT2D eigenvalue weighted by Gasteiger charge is -2.32. The minimum absolute atomic E-state index is 0.0371. The van der Waals surface area contributed by atoms with Gasteiger partial charge in [0.1, 0.15) is 11.6 Å². The van der Waals surface area contributed by atoms with Crippen LogP contribution in [0.1, 0.15) is 32.3 Å². The molecule has 1 heterocycles. The highest BCUT2D eigenvalue weighted by Gasteiger charge is 2.43. The number of carbonyl (C=O) groups excluding carboxylic acids is 1. The predicted octanol–water partition coefficient (Wildman–Crippen LogP) is 4.30. The number of rotatable bonds is 9. The number of carbonyl (C=O) groups is 1. The fraction of sp³-hybridized carbons (Fsp3) is 0.500. The standard InChI is InChI=1S/C26H35FN2O3/c1-25(2,18-29(3)4)17-28-24(30)26(13-6-14-32-26)16-19-7-9-20(10-8-19)22-15-21(27)11-12-23(22)31-5/h7-12,15H,6,13-14,16-18H2,1-5H3,(H,28,30)/t26-/m0/s1. The zero-order valence-electron chi connectivity index (χ0n) is 19.8. The molecule has 1 atom stereocenters. The predicted molar refractivity (Wildman–Crippen MR) is 125 cm³/mol. The van der Waals surface area contributed by atoms with Gasteiger partial charge in [-0.2, -0.15) is 0 Å². The van der Waals surface area contributed by atoms with Gasteiger partial charge < -0.3 is 19.7 Å². The number of amides is 1. The van der Waals surface area contributed by atoms with Crippen molar-refractivity contribution in [3.63, 3.8) is 0 Å². The van der Waals surface area contributed by atoms with E-state index < -0.39 is 5.60 Å². The maximum absolute atomic E-state index is 13.8. The molecule has 0 unspecified atom stereocenters. The Morgan fingerprint density at radius 1 is 1.22 bits per heavy atom. The molecule has 6 heteroatoms. The van der Waals surface area contributed by atoms with Crippen LogP contribution in [0.2, 0.25) is 0 Å². The summed E-state index contributed by atoms with van der Waals surface area (Å²) in [6, 6.07) is 12.3. The molecule has 1 aliphatic heterocycles. The van der Waals surface area contributed by atoms with Crippen LogP contribution in [-0.2, 0) is 16.0 Å². The average molecular weight is 443 g/mol. The molecule has 32 heavy (non-hydrogen) atoms. The van der Waals surface area contributed by atoms with Gasteiger partial charge in [-0.3, -0.25) is 4.79 Å². The molecule has 1 aliphatic rings. The van der Waals surface area contributed by atoms with Crippen molar-refractivity contribution in [2.75, 3.05) is 40.9 Å². The van der Waals surface area contributed by atoms with E-state index in [0.717, 1.165) is 24.1 Å². The summed E-state index contributed by atoms with van der Waals surface area (Å²) in [6.45, 7) is 6.36. The normalized spacial score (nSPS) is 18.7. The van der Waals surface area contributed by atoms with Crippen LogP contribution < -0.4 is 10.1 Å². The van der Waals surface area contributed by atoms with Gasteiger partial charge in [0.2, 0.25) is 0 Å². The zero-order chi connectivity index (χ0) is 23.4. The molecule has 0 saturated carbocycles. The van der Waals surface area contributed by atoms with Gasteiger partial charge in [-0.1, -0.05) is 38.1 Å².